The molecule has 264 valence electrons. The first-order valence-electron chi connectivity index (χ1n) is 16.0. The summed E-state index contributed by atoms with van der Waals surface area (Å²) < 4.78 is 41.0. The van der Waals surface area contributed by atoms with Crippen molar-refractivity contribution in [3.05, 3.63) is 65.5 Å². The molecule has 0 bridgehead atoms. The molecule has 2 amide bonds. The third kappa shape index (κ3) is 7.32. The van der Waals surface area contributed by atoms with E-state index in [0.29, 0.717) is 65.4 Å². The molecule has 6 rings (SSSR count). The van der Waals surface area contributed by atoms with E-state index in [9.17, 15) is 18.0 Å². The van der Waals surface area contributed by atoms with Crippen molar-refractivity contribution in [2.24, 2.45) is 10.9 Å². The van der Waals surface area contributed by atoms with Crippen LogP contribution < -0.4 is 32.0 Å². The van der Waals surface area contributed by atoms with Crippen molar-refractivity contribution in [3.8, 4) is 5.75 Å². The quantitative estimate of drug-likeness (QED) is 0.0772. The number of hydrogen-bond donors (Lipinski definition) is 5. The SMILES string of the molecule is CCn1nc(C)cc1C(=O)Nc1nc2cc(S(N)(=O)=O)ccc2n1C/C=C/Cn1c(N)nc2cc(C(N)=O)cc(OCCCOC3CNC3)c21. The number of carbonyl (C=O) groups excluding carboxylic acids is 2. The Balaban J connectivity index is 1.25. The maximum absolute atomic E-state index is 13.3. The standard InChI is InChI=1S/C32H39N11O6S/c1-3-43-26(13-19(2)40-43)30(45)39-32-38-23-16-22(50(35,46)47)7-8-25(23)41(32)9-4-5-10-42-28-24(37-31(42)34)14-20(29(33)44)15-27(28)49-12-6-11-48-21-17-36-18-21/h4-5,7-8,13-16,21,36H,3,6,9-12,17-18H2,1-2H3,(H2,33,44)(H2,34,37)(H2,35,46,47)(H,38,39,45)/b5-4+. The minimum atomic E-state index is -3.99. The molecule has 1 saturated heterocycles. The predicted octanol–water partition coefficient (Wildman–Crippen LogP) is 1.51. The number of aromatic nitrogens is 6. The van der Waals surface area contributed by atoms with Gasteiger partial charge in [-0.05, 0) is 50.2 Å². The van der Waals surface area contributed by atoms with Gasteiger partial charge in [0.25, 0.3) is 5.91 Å². The van der Waals surface area contributed by atoms with Gasteiger partial charge in [-0.3, -0.25) is 19.6 Å². The summed E-state index contributed by atoms with van der Waals surface area (Å²) in [6, 6.07) is 9.16. The molecule has 3 aromatic heterocycles. The summed E-state index contributed by atoms with van der Waals surface area (Å²) >= 11 is 0. The van der Waals surface area contributed by atoms with Crippen molar-refractivity contribution in [3.63, 3.8) is 0 Å². The molecular formula is C32H39N11O6S. The van der Waals surface area contributed by atoms with Crippen molar-refractivity contribution < 1.29 is 27.5 Å². The number of imidazole rings is 2. The molecule has 5 aromatic rings. The lowest BCUT2D eigenvalue weighted by Gasteiger charge is -2.27. The molecule has 8 N–H and O–H groups in total. The fourth-order valence-corrected chi connectivity index (χ4v) is 6.15. The molecule has 18 heteroatoms. The Morgan fingerprint density at radius 2 is 1.82 bits per heavy atom. The van der Waals surface area contributed by atoms with Crippen molar-refractivity contribution in [2.45, 2.75) is 50.9 Å². The van der Waals surface area contributed by atoms with Gasteiger partial charge in [-0.15, -0.1) is 0 Å². The van der Waals surface area contributed by atoms with Gasteiger partial charge in [-0.25, -0.2) is 23.5 Å². The number of anilines is 2. The number of aryl methyl sites for hydroxylation is 2. The minimum absolute atomic E-state index is 0.106. The maximum Gasteiger partial charge on any atom is 0.276 e. The summed E-state index contributed by atoms with van der Waals surface area (Å²) in [6.07, 6.45) is 4.56. The fourth-order valence-electron chi connectivity index (χ4n) is 5.62. The number of hydrogen-bond acceptors (Lipinski definition) is 11. The lowest BCUT2D eigenvalue weighted by Crippen LogP contribution is -2.48. The summed E-state index contributed by atoms with van der Waals surface area (Å²) in [6.45, 7) is 7.24. The highest BCUT2D eigenvalue weighted by Crippen LogP contribution is 2.30. The minimum Gasteiger partial charge on any atom is -0.491 e. The number of nitrogens with two attached hydrogens (primary N) is 3. The Bertz CT molecular complexity index is 2220. The van der Waals surface area contributed by atoms with Gasteiger partial charge in [0, 0.05) is 44.7 Å². The maximum atomic E-state index is 13.3. The van der Waals surface area contributed by atoms with Crippen LogP contribution >= 0.6 is 0 Å². The van der Waals surface area contributed by atoms with E-state index in [1.54, 1.807) is 45.0 Å². The van der Waals surface area contributed by atoms with E-state index in [-0.39, 0.29) is 41.5 Å². The van der Waals surface area contributed by atoms with Crippen molar-refractivity contribution in [1.29, 1.82) is 0 Å². The van der Waals surface area contributed by atoms with Gasteiger partial charge >= 0.3 is 0 Å². The smallest absolute Gasteiger partial charge is 0.276 e. The Morgan fingerprint density at radius 1 is 1.06 bits per heavy atom. The van der Waals surface area contributed by atoms with E-state index in [1.807, 2.05) is 19.1 Å². The van der Waals surface area contributed by atoms with Gasteiger partial charge in [0.2, 0.25) is 27.8 Å². The molecule has 0 atom stereocenters. The molecule has 1 aliphatic heterocycles. The monoisotopic (exact) mass is 705 g/mol. The molecule has 2 aromatic carbocycles. The summed E-state index contributed by atoms with van der Waals surface area (Å²) in [7, 11) is -3.99. The highest BCUT2D eigenvalue weighted by Gasteiger charge is 2.21. The first kappa shape index (κ1) is 34.6. The van der Waals surface area contributed by atoms with Gasteiger partial charge in [0.1, 0.15) is 17.0 Å². The summed E-state index contributed by atoms with van der Waals surface area (Å²) in [5.74, 6) is -0.228. The molecule has 0 radical (unpaired) electrons. The number of nitrogens with one attached hydrogen (secondary N) is 2. The summed E-state index contributed by atoms with van der Waals surface area (Å²) in [5.41, 5.74) is 15.1. The molecular weight excluding hydrogens is 666 g/mol. The lowest BCUT2D eigenvalue weighted by atomic mass is 10.1. The van der Waals surface area contributed by atoms with Crippen LogP contribution in [-0.4, -0.2) is 81.5 Å². The highest BCUT2D eigenvalue weighted by molar-refractivity contribution is 7.89. The van der Waals surface area contributed by atoms with Crippen molar-refractivity contribution >= 4 is 55.8 Å². The average molecular weight is 706 g/mol. The zero-order valence-corrected chi connectivity index (χ0v) is 28.4. The fraction of sp³-hybridized carbons (Fsp3) is 0.344. The number of benzene rings is 2. The molecule has 0 unspecified atom stereocenters. The second kappa shape index (κ2) is 14.3. The van der Waals surface area contributed by atoms with E-state index in [0.717, 1.165) is 13.1 Å². The van der Waals surface area contributed by atoms with Crippen LogP contribution in [0.4, 0.5) is 11.9 Å². The highest BCUT2D eigenvalue weighted by atomic mass is 32.2. The number of primary amides is 1. The van der Waals surface area contributed by atoms with E-state index in [1.165, 1.54) is 12.1 Å². The van der Waals surface area contributed by atoms with E-state index >= 15 is 0 Å². The molecule has 50 heavy (non-hydrogen) atoms. The number of rotatable bonds is 15. The number of allylic oxidation sites excluding steroid dienone is 2. The Kier molecular flexibility index (Phi) is 9.87. The molecule has 0 spiro atoms. The topological polar surface area (TPSA) is 242 Å². The number of ether oxygens (including phenoxy) is 2. The summed E-state index contributed by atoms with van der Waals surface area (Å²) in [4.78, 5) is 34.3. The van der Waals surface area contributed by atoms with Gasteiger partial charge in [0.15, 0.2) is 0 Å². The third-order valence-corrected chi connectivity index (χ3v) is 9.13. The van der Waals surface area contributed by atoms with Crippen LogP contribution in [0, 0.1) is 6.92 Å². The van der Waals surface area contributed by atoms with Crippen LogP contribution in [0.3, 0.4) is 0 Å². The number of amides is 2. The Morgan fingerprint density at radius 3 is 2.50 bits per heavy atom. The largest absolute Gasteiger partial charge is 0.491 e. The number of carbonyl (C=O) groups is 2. The second-order valence-electron chi connectivity index (χ2n) is 11.8. The van der Waals surface area contributed by atoms with Crippen LogP contribution in [0.1, 0.15) is 39.9 Å². The van der Waals surface area contributed by atoms with Gasteiger partial charge in [-0.2, -0.15) is 5.10 Å². The average Bonchev–Trinajstić information content (AvgIpc) is 3.70. The van der Waals surface area contributed by atoms with E-state index < -0.39 is 21.8 Å². The van der Waals surface area contributed by atoms with Crippen LogP contribution in [0.5, 0.6) is 5.75 Å². The Labute approximate surface area is 287 Å². The first-order chi connectivity index (χ1) is 23.9. The van der Waals surface area contributed by atoms with Crippen LogP contribution in [-0.2, 0) is 34.4 Å². The molecule has 0 aliphatic carbocycles. The number of nitrogen functional groups attached to an aromatic ring is 1. The second-order valence-corrected chi connectivity index (χ2v) is 13.4. The number of primary sulfonamides is 1. The summed E-state index contributed by atoms with van der Waals surface area (Å²) in [5, 5.41) is 15.7. The van der Waals surface area contributed by atoms with Crippen molar-refractivity contribution in [2.75, 3.05) is 37.4 Å². The third-order valence-electron chi connectivity index (χ3n) is 8.22. The number of fused-ring (bicyclic) bond motifs is 2. The number of nitrogens with zero attached hydrogens (tertiary/aromatic N) is 6. The normalized spacial score (nSPS) is 13.7. The van der Waals surface area contributed by atoms with E-state index in [4.69, 9.17) is 26.1 Å². The molecule has 1 aliphatic rings. The van der Waals surface area contributed by atoms with Crippen LogP contribution in [0.2, 0.25) is 0 Å². The molecule has 17 nitrogen and oxygen atoms in total. The number of sulfonamides is 1. The van der Waals surface area contributed by atoms with Crippen LogP contribution in [0.15, 0.2) is 53.4 Å². The molecule has 4 heterocycles. The predicted molar refractivity (Wildman–Crippen MR) is 186 cm³/mol. The Hall–Kier alpha value is -5.30. The van der Waals surface area contributed by atoms with Gasteiger partial charge in [-0.1, -0.05) is 12.2 Å². The zero-order valence-electron chi connectivity index (χ0n) is 27.6. The van der Waals surface area contributed by atoms with Crippen LogP contribution in [0.25, 0.3) is 22.1 Å². The van der Waals surface area contributed by atoms with E-state index in [2.05, 4.69) is 25.7 Å². The molecule has 0 saturated carbocycles. The van der Waals surface area contributed by atoms with Gasteiger partial charge in [0.05, 0.1) is 46.5 Å². The van der Waals surface area contributed by atoms with Crippen molar-refractivity contribution in [1.82, 2.24) is 34.2 Å². The lowest BCUT2D eigenvalue weighted by molar-refractivity contribution is 0.0136. The first-order valence-corrected chi connectivity index (χ1v) is 17.6. The van der Waals surface area contributed by atoms with Gasteiger partial charge < -0.3 is 35.4 Å². The zero-order chi connectivity index (χ0) is 35.6. The molecule has 1 fully saturated rings.